The fourth-order valence-corrected chi connectivity index (χ4v) is 2.72. The summed E-state index contributed by atoms with van der Waals surface area (Å²) >= 11 is 0. The van der Waals surface area contributed by atoms with Crippen LogP contribution in [-0.2, 0) is 20.9 Å². The summed E-state index contributed by atoms with van der Waals surface area (Å²) in [6, 6.07) is 5.54. The Balaban J connectivity index is 1.70. The molecular formula is C20H21N3O4. The van der Waals surface area contributed by atoms with Crippen molar-refractivity contribution in [2.45, 2.75) is 26.3 Å². The summed E-state index contributed by atoms with van der Waals surface area (Å²) in [5, 5.41) is 7.47. The largest absolute Gasteiger partial charge is 0.467 e. The maximum Gasteiger partial charge on any atom is 0.313 e. The zero-order valence-corrected chi connectivity index (χ0v) is 15.1. The number of carbonyl (C=O) groups excluding carboxylic acids is 2. The highest BCUT2D eigenvalue weighted by Crippen LogP contribution is 2.22. The van der Waals surface area contributed by atoms with Crippen LogP contribution in [0.2, 0.25) is 0 Å². The third-order valence-corrected chi connectivity index (χ3v) is 3.99. The first kappa shape index (κ1) is 18.4. The van der Waals surface area contributed by atoms with Crippen LogP contribution in [0.3, 0.4) is 0 Å². The van der Waals surface area contributed by atoms with Crippen molar-refractivity contribution < 1.29 is 18.7 Å². The fourth-order valence-electron chi connectivity index (χ4n) is 2.72. The number of nitrogens with zero attached hydrogens (tertiary/aromatic N) is 2. The molecule has 3 rings (SSSR count). The molecule has 2 aromatic heterocycles. The molecule has 0 saturated heterocycles. The van der Waals surface area contributed by atoms with Gasteiger partial charge in [-0.2, -0.15) is 5.10 Å². The molecule has 0 aromatic carbocycles. The van der Waals surface area contributed by atoms with Crippen molar-refractivity contribution in [1.82, 2.24) is 9.78 Å². The number of Topliss-reactive ketones (excluding diaryl/α,β-unsaturated/α-hetero) is 1. The number of hydrogen-bond donors (Lipinski definition) is 1. The van der Waals surface area contributed by atoms with Crippen LogP contribution in [0, 0.1) is 0 Å². The minimum absolute atomic E-state index is 0.255. The lowest BCUT2D eigenvalue weighted by Crippen LogP contribution is -2.15. The number of nitrogens with one attached hydrogen (secondary N) is 1. The normalized spacial score (nSPS) is 14.9. The van der Waals surface area contributed by atoms with Crippen LogP contribution in [0.4, 0.5) is 5.82 Å². The lowest BCUT2D eigenvalue weighted by molar-refractivity contribution is -0.144. The number of carbonyl (C=O) groups is 2. The van der Waals surface area contributed by atoms with Gasteiger partial charge >= 0.3 is 5.97 Å². The lowest BCUT2D eigenvalue weighted by Gasteiger charge is -2.13. The Morgan fingerprint density at radius 1 is 1.41 bits per heavy atom. The Labute approximate surface area is 157 Å². The summed E-state index contributed by atoms with van der Waals surface area (Å²) in [5.41, 5.74) is 1.31. The number of furan rings is 1. The predicted octanol–water partition coefficient (Wildman–Crippen LogP) is 3.23. The van der Waals surface area contributed by atoms with Gasteiger partial charge in [0.15, 0.2) is 5.78 Å². The van der Waals surface area contributed by atoms with E-state index in [2.05, 4.69) is 10.4 Å². The van der Waals surface area contributed by atoms with Gasteiger partial charge in [-0.15, -0.1) is 0 Å². The van der Waals surface area contributed by atoms with Crippen molar-refractivity contribution in [3.63, 3.8) is 0 Å². The van der Waals surface area contributed by atoms with Gasteiger partial charge in [-0.3, -0.25) is 9.59 Å². The van der Waals surface area contributed by atoms with Crippen LogP contribution in [0.5, 0.6) is 0 Å². The van der Waals surface area contributed by atoms with Crippen molar-refractivity contribution in [3.05, 3.63) is 72.0 Å². The molecule has 0 aliphatic heterocycles. The van der Waals surface area contributed by atoms with Gasteiger partial charge in [0.2, 0.25) is 0 Å². The van der Waals surface area contributed by atoms with E-state index in [4.69, 9.17) is 9.15 Å². The number of rotatable bonds is 8. The molecule has 1 aliphatic rings. The third-order valence-electron chi connectivity index (χ3n) is 3.99. The second kappa shape index (κ2) is 8.84. The summed E-state index contributed by atoms with van der Waals surface area (Å²) in [7, 11) is 0. The van der Waals surface area contributed by atoms with E-state index in [0.29, 0.717) is 18.5 Å². The van der Waals surface area contributed by atoms with Crippen LogP contribution >= 0.6 is 0 Å². The highest BCUT2D eigenvalue weighted by Gasteiger charge is 2.19. The summed E-state index contributed by atoms with van der Waals surface area (Å²) in [5.74, 6) is 0.794. The first-order valence-electron chi connectivity index (χ1n) is 8.73. The minimum Gasteiger partial charge on any atom is -0.467 e. The first-order chi connectivity index (χ1) is 13.2. The number of ketones is 1. The van der Waals surface area contributed by atoms with Crippen molar-refractivity contribution in [1.29, 1.82) is 0 Å². The molecule has 7 nitrogen and oxygen atoms in total. The summed E-state index contributed by atoms with van der Waals surface area (Å²) in [6.07, 6.45) is 10.9. The van der Waals surface area contributed by atoms with Gasteiger partial charge in [-0.05, 0) is 31.1 Å². The van der Waals surface area contributed by atoms with E-state index in [0.717, 1.165) is 17.2 Å². The Morgan fingerprint density at radius 3 is 3.07 bits per heavy atom. The van der Waals surface area contributed by atoms with Gasteiger partial charge in [-0.1, -0.05) is 18.2 Å². The number of hydrogen-bond acceptors (Lipinski definition) is 6. The SMILES string of the molecule is CCOC(=O)CC(=O)C1=CC=CCC1=CNc1ccnn1Cc1ccco1. The molecule has 0 atom stereocenters. The van der Waals surface area contributed by atoms with Gasteiger partial charge in [0.25, 0.3) is 0 Å². The molecule has 2 aromatic rings. The Kier molecular flexibility index (Phi) is 6.04. The van der Waals surface area contributed by atoms with Gasteiger partial charge in [-0.25, -0.2) is 4.68 Å². The highest BCUT2D eigenvalue weighted by atomic mass is 16.5. The average molecular weight is 367 g/mol. The molecule has 0 fully saturated rings. The fraction of sp³-hybridized carbons (Fsp3) is 0.250. The number of anilines is 1. The molecule has 1 aliphatic carbocycles. The van der Waals surface area contributed by atoms with Crippen LogP contribution in [0.25, 0.3) is 0 Å². The smallest absolute Gasteiger partial charge is 0.313 e. The van der Waals surface area contributed by atoms with Crippen molar-refractivity contribution in [3.8, 4) is 0 Å². The maximum atomic E-state index is 12.4. The van der Waals surface area contributed by atoms with Crippen molar-refractivity contribution >= 4 is 17.6 Å². The molecule has 1 N–H and O–H groups in total. The van der Waals surface area contributed by atoms with E-state index in [9.17, 15) is 9.59 Å². The zero-order chi connectivity index (χ0) is 19.1. The topological polar surface area (TPSA) is 86.4 Å². The number of ether oxygens (including phenoxy) is 1. The van der Waals surface area contributed by atoms with E-state index in [1.807, 2.05) is 30.4 Å². The van der Waals surface area contributed by atoms with Gasteiger partial charge in [0, 0.05) is 17.8 Å². The van der Waals surface area contributed by atoms with E-state index in [-0.39, 0.29) is 18.8 Å². The van der Waals surface area contributed by atoms with Crippen LogP contribution < -0.4 is 5.32 Å². The summed E-state index contributed by atoms with van der Waals surface area (Å²) < 4.78 is 12.0. The molecule has 0 amide bonds. The Bertz CT molecular complexity index is 888. The van der Waals surface area contributed by atoms with Crippen molar-refractivity contribution in [2.75, 3.05) is 11.9 Å². The molecule has 2 heterocycles. The highest BCUT2D eigenvalue weighted by molar-refractivity contribution is 6.08. The molecule has 0 spiro atoms. The number of allylic oxidation sites excluding steroid dienone is 5. The van der Waals surface area contributed by atoms with Gasteiger partial charge < -0.3 is 14.5 Å². The van der Waals surface area contributed by atoms with E-state index >= 15 is 0 Å². The predicted molar refractivity (Wildman–Crippen MR) is 99.8 cm³/mol. The molecule has 0 bridgehead atoms. The molecule has 140 valence electrons. The van der Waals surface area contributed by atoms with Crippen LogP contribution in [0.15, 0.2) is 70.7 Å². The molecule has 0 saturated carbocycles. The third kappa shape index (κ3) is 4.84. The minimum atomic E-state index is -0.512. The second-order valence-corrected chi connectivity index (χ2v) is 5.88. The second-order valence-electron chi connectivity index (χ2n) is 5.88. The van der Waals surface area contributed by atoms with Gasteiger partial charge in [0.1, 0.15) is 24.5 Å². The molecule has 0 radical (unpaired) electrons. The van der Waals surface area contributed by atoms with E-state index in [1.165, 1.54) is 0 Å². The quantitative estimate of drug-likeness (QED) is 0.569. The van der Waals surface area contributed by atoms with E-state index < -0.39 is 5.97 Å². The number of aromatic nitrogens is 2. The lowest BCUT2D eigenvalue weighted by atomic mass is 9.94. The molecular weight excluding hydrogens is 346 g/mol. The average Bonchev–Trinajstić information content (AvgIpc) is 3.33. The standard InChI is InChI=1S/C20H21N3O4/c1-2-26-20(25)12-18(24)17-8-4-3-6-15(17)13-21-19-9-10-22-23(19)14-16-7-5-11-27-16/h3-5,7-11,13,21H,2,6,12,14H2,1H3. The Hall–Kier alpha value is -3.35. The van der Waals surface area contributed by atoms with E-state index in [1.54, 1.807) is 36.3 Å². The molecule has 0 unspecified atom stereocenters. The molecule has 7 heteroatoms. The van der Waals surface area contributed by atoms with Crippen molar-refractivity contribution in [2.24, 2.45) is 0 Å². The summed E-state index contributed by atoms with van der Waals surface area (Å²) in [6.45, 7) is 2.47. The van der Waals surface area contributed by atoms with Gasteiger partial charge in [0.05, 0.1) is 19.1 Å². The molecule has 27 heavy (non-hydrogen) atoms. The summed E-state index contributed by atoms with van der Waals surface area (Å²) in [4.78, 5) is 24.0. The first-order valence-corrected chi connectivity index (χ1v) is 8.73. The van der Waals surface area contributed by atoms with Crippen LogP contribution in [-0.4, -0.2) is 28.1 Å². The zero-order valence-electron chi connectivity index (χ0n) is 15.1. The van der Waals surface area contributed by atoms with Crippen LogP contribution in [0.1, 0.15) is 25.5 Å². The number of esters is 1. The monoisotopic (exact) mass is 367 g/mol. The maximum absolute atomic E-state index is 12.4. The Morgan fingerprint density at radius 2 is 2.30 bits per heavy atom.